The zero-order chi connectivity index (χ0) is 5.98. The van der Waals surface area contributed by atoms with E-state index in [9.17, 15) is 0 Å². The van der Waals surface area contributed by atoms with E-state index in [1.807, 2.05) is 0 Å². The standard InChI is InChI=1S/C6H10N2/c7-4-5-1-2-6(8)3-5/h5-6H,1-3,8H2. The topological polar surface area (TPSA) is 49.8 Å². The Kier molecular flexibility index (Phi) is 1.50. The van der Waals surface area contributed by atoms with Crippen molar-refractivity contribution >= 4 is 0 Å². The Balaban J connectivity index is 2.35. The molecule has 2 N–H and O–H groups in total. The molecule has 0 radical (unpaired) electrons. The predicted octanol–water partition coefficient (Wildman–Crippen LogP) is 0.637. The van der Waals surface area contributed by atoms with Gasteiger partial charge in [0.25, 0.3) is 0 Å². The molecule has 0 aliphatic heterocycles. The lowest BCUT2D eigenvalue weighted by Gasteiger charge is -1.95. The van der Waals surface area contributed by atoms with Gasteiger partial charge in [0.2, 0.25) is 0 Å². The van der Waals surface area contributed by atoms with E-state index in [4.69, 9.17) is 11.0 Å². The van der Waals surface area contributed by atoms with Crippen LogP contribution >= 0.6 is 0 Å². The van der Waals surface area contributed by atoms with E-state index >= 15 is 0 Å². The first-order valence-electron chi connectivity index (χ1n) is 2.98. The Hall–Kier alpha value is -0.550. The van der Waals surface area contributed by atoms with E-state index in [1.165, 1.54) is 0 Å². The Morgan fingerprint density at radius 2 is 2.25 bits per heavy atom. The summed E-state index contributed by atoms with van der Waals surface area (Å²) in [4.78, 5) is 0. The van der Waals surface area contributed by atoms with E-state index in [0.717, 1.165) is 19.3 Å². The molecule has 2 heteroatoms. The number of hydrogen-bond acceptors (Lipinski definition) is 2. The maximum absolute atomic E-state index is 8.38. The van der Waals surface area contributed by atoms with E-state index in [0.29, 0.717) is 6.04 Å². The highest BCUT2D eigenvalue weighted by Gasteiger charge is 2.20. The van der Waals surface area contributed by atoms with Crippen LogP contribution in [-0.2, 0) is 0 Å². The van der Waals surface area contributed by atoms with Gasteiger partial charge in [0.05, 0.1) is 6.07 Å². The van der Waals surface area contributed by atoms with Gasteiger partial charge in [-0.25, -0.2) is 0 Å². The Morgan fingerprint density at radius 1 is 1.50 bits per heavy atom. The first-order chi connectivity index (χ1) is 3.83. The Bertz CT molecular complexity index is 114. The zero-order valence-corrected chi connectivity index (χ0v) is 4.80. The molecule has 1 rings (SSSR count). The van der Waals surface area contributed by atoms with Crippen LogP contribution in [0.15, 0.2) is 0 Å². The summed E-state index contributed by atoms with van der Waals surface area (Å²) in [5.41, 5.74) is 5.55. The van der Waals surface area contributed by atoms with Gasteiger partial charge < -0.3 is 5.73 Å². The van der Waals surface area contributed by atoms with Gasteiger partial charge in [-0.2, -0.15) is 5.26 Å². The molecule has 0 aromatic heterocycles. The molecule has 0 spiro atoms. The molecule has 1 aliphatic rings. The smallest absolute Gasteiger partial charge is 0.0656 e. The molecule has 2 nitrogen and oxygen atoms in total. The van der Waals surface area contributed by atoms with Crippen molar-refractivity contribution in [2.24, 2.45) is 11.7 Å². The van der Waals surface area contributed by atoms with Crippen molar-refractivity contribution in [1.29, 1.82) is 5.26 Å². The van der Waals surface area contributed by atoms with Crippen LogP contribution in [0, 0.1) is 17.2 Å². The molecule has 0 heterocycles. The highest BCUT2D eigenvalue weighted by molar-refractivity contribution is 4.91. The molecular weight excluding hydrogens is 100 g/mol. The quantitative estimate of drug-likeness (QED) is 0.497. The van der Waals surface area contributed by atoms with Gasteiger partial charge >= 0.3 is 0 Å². The van der Waals surface area contributed by atoms with Gasteiger partial charge in [0, 0.05) is 12.0 Å². The van der Waals surface area contributed by atoms with Gasteiger partial charge in [0.15, 0.2) is 0 Å². The van der Waals surface area contributed by atoms with Crippen LogP contribution in [0.3, 0.4) is 0 Å². The predicted molar refractivity (Wildman–Crippen MR) is 30.9 cm³/mol. The summed E-state index contributed by atoms with van der Waals surface area (Å²) >= 11 is 0. The lowest BCUT2D eigenvalue weighted by Crippen LogP contribution is -2.14. The fourth-order valence-corrected chi connectivity index (χ4v) is 1.13. The summed E-state index contributed by atoms with van der Waals surface area (Å²) in [6.45, 7) is 0. The van der Waals surface area contributed by atoms with Crippen molar-refractivity contribution in [3.63, 3.8) is 0 Å². The number of nitriles is 1. The number of nitrogens with zero attached hydrogens (tertiary/aromatic N) is 1. The van der Waals surface area contributed by atoms with Gasteiger partial charge in [-0.1, -0.05) is 0 Å². The molecule has 1 fully saturated rings. The number of rotatable bonds is 0. The van der Waals surface area contributed by atoms with Crippen LogP contribution in [0.5, 0.6) is 0 Å². The fourth-order valence-electron chi connectivity index (χ4n) is 1.13. The minimum Gasteiger partial charge on any atom is -0.328 e. The monoisotopic (exact) mass is 110 g/mol. The third kappa shape index (κ3) is 0.988. The van der Waals surface area contributed by atoms with E-state index in [-0.39, 0.29) is 5.92 Å². The third-order valence-corrected chi connectivity index (χ3v) is 1.66. The summed E-state index contributed by atoms with van der Waals surface area (Å²) in [6, 6.07) is 2.52. The minimum absolute atomic E-state index is 0.255. The average molecular weight is 110 g/mol. The zero-order valence-electron chi connectivity index (χ0n) is 4.80. The van der Waals surface area contributed by atoms with Crippen molar-refractivity contribution in [1.82, 2.24) is 0 Å². The average Bonchev–Trinajstić information content (AvgIpc) is 2.14. The van der Waals surface area contributed by atoms with Crippen LogP contribution in [-0.4, -0.2) is 6.04 Å². The van der Waals surface area contributed by atoms with Crippen LogP contribution in [0.4, 0.5) is 0 Å². The Labute approximate surface area is 49.3 Å². The van der Waals surface area contributed by atoms with Crippen LogP contribution in [0.25, 0.3) is 0 Å². The summed E-state index contributed by atoms with van der Waals surface area (Å²) in [6.07, 6.45) is 2.96. The maximum atomic E-state index is 8.38. The van der Waals surface area contributed by atoms with Crippen LogP contribution < -0.4 is 5.73 Å². The normalized spacial score (nSPS) is 37.0. The molecule has 1 aliphatic carbocycles. The number of hydrogen-bond donors (Lipinski definition) is 1. The van der Waals surface area contributed by atoms with Crippen LogP contribution in [0.2, 0.25) is 0 Å². The molecule has 0 amide bonds. The molecule has 0 aromatic rings. The summed E-state index contributed by atoms with van der Waals surface area (Å²) in [7, 11) is 0. The highest BCUT2D eigenvalue weighted by atomic mass is 14.6. The van der Waals surface area contributed by atoms with Gasteiger partial charge in [0.1, 0.15) is 0 Å². The largest absolute Gasteiger partial charge is 0.328 e. The summed E-state index contributed by atoms with van der Waals surface area (Å²) in [5.74, 6) is 0.255. The first-order valence-corrected chi connectivity index (χ1v) is 2.98. The van der Waals surface area contributed by atoms with Gasteiger partial charge in [-0.05, 0) is 19.3 Å². The van der Waals surface area contributed by atoms with Gasteiger partial charge in [-0.15, -0.1) is 0 Å². The van der Waals surface area contributed by atoms with E-state index < -0.39 is 0 Å². The van der Waals surface area contributed by atoms with E-state index in [2.05, 4.69) is 6.07 Å². The molecule has 2 atom stereocenters. The number of nitrogens with two attached hydrogens (primary N) is 1. The second kappa shape index (κ2) is 2.15. The molecular formula is C6H10N2. The van der Waals surface area contributed by atoms with E-state index in [1.54, 1.807) is 0 Å². The second-order valence-corrected chi connectivity index (χ2v) is 2.40. The molecule has 2 unspecified atom stereocenters. The van der Waals surface area contributed by atoms with Crippen LogP contribution in [0.1, 0.15) is 19.3 Å². The van der Waals surface area contributed by atoms with Crippen molar-refractivity contribution < 1.29 is 0 Å². The maximum Gasteiger partial charge on any atom is 0.0656 e. The third-order valence-electron chi connectivity index (χ3n) is 1.66. The van der Waals surface area contributed by atoms with Crippen molar-refractivity contribution in [2.45, 2.75) is 25.3 Å². The molecule has 44 valence electrons. The summed E-state index contributed by atoms with van der Waals surface area (Å²) < 4.78 is 0. The minimum atomic E-state index is 0.255. The second-order valence-electron chi connectivity index (χ2n) is 2.40. The van der Waals surface area contributed by atoms with Crippen molar-refractivity contribution in [3.8, 4) is 6.07 Å². The lowest BCUT2D eigenvalue weighted by atomic mass is 10.1. The summed E-state index contributed by atoms with van der Waals surface area (Å²) in [5, 5.41) is 8.38. The lowest BCUT2D eigenvalue weighted by molar-refractivity contribution is 0.662. The molecule has 1 saturated carbocycles. The fraction of sp³-hybridized carbons (Fsp3) is 0.833. The molecule has 0 aromatic carbocycles. The molecule has 0 bridgehead atoms. The molecule has 0 saturated heterocycles. The van der Waals surface area contributed by atoms with Crippen molar-refractivity contribution in [3.05, 3.63) is 0 Å². The Morgan fingerprint density at radius 3 is 2.50 bits per heavy atom. The van der Waals surface area contributed by atoms with Crippen molar-refractivity contribution in [2.75, 3.05) is 0 Å². The first kappa shape index (κ1) is 5.58. The highest BCUT2D eigenvalue weighted by Crippen LogP contribution is 2.22. The molecule has 8 heavy (non-hydrogen) atoms. The van der Waals surface area contributed by atoms with Gasteiger partial charge in [-0.3, -0.25) is 0 Å². The SMILES string of the molecule is N#CC1CCC(N)C1.